The lowest BCUT2D eigenvalue weighted by Gasteiger charge is -2.18. The van der Waals surface area contributed by atoms with Crippen molar-refractivity contribution < 1.29 is 10.9 Å². The molecule has 0 N–H and O–H groups in total. The monoisotopic (exact) mass is 87.0 g/mol. The van der Waals surface area contributed by atoms with E-state index in [9.17, 15) is 4.79 Å². The molecule has 2 heteroatoms. The van der Waals surface area contributed by atoms with Gasteiger partial charge in [0.05, 0.1) is 19.1 Å². The topological polar surface area (TPSA) is 26.3 Å². The molecule has 0 aliphatic carbocycles. The van der Waals surface area contributed by atoms with Crippen molar-refractivity contribution in [2.24, 2.45) is 5.92 Å². The maximum Gasteiger partial charge on any atom is 0.127 e. The summed E-state index contributed by atoms with van der Waals surface area (Å²) in [4.78, 5) is 10.0. The summed E-state index contributed by atoms with van der Waals surface area (Å²) in [5.74, 6) is -0.111. The lowest BCUT2D eigenvalue weighted by atomic mass is 10.1. The Labute approximate surface area is 37.5 Å². The van der Waals surface area contributed by atoms with Crippen LogP contribution in [-0.2, 0) is 9.53 Å². The van der Waals surface area contributed by atoms with Crippen molar-refractivity contribution in [1.82, 2.24) is 0 Å². The van der Waals surface area contributed by atoms with E-state index < -0.39 is 6.26 Å². The zero-order chi connectivity index (χ0) is 5.28. The Bertz CT molecular complexity index is 87.7. The first-order valence-electron chi connectivity index (χ1n) is 2.39. The predicted molar refractivity (Wildman–Crippen MR) is 20.4 cm³/mol. The Morgan fingerprint density at radius 2 is 2.67 bits per heavy atom. The molecule has 0 aromatic carbocycles. The van der Waals surface area contributed by atoms with Gasteiger partial charge in [-0.15, -0.1) is 0 Å². The number of ether oxygens (including phenoxy) is 1. The molecule has 1 saturated heterocycles. The molecule has 0 radical (unpaired) electrons. The van der Waals surface area contributed by atoms with Gasteiger partial charge in [-0.25, -0.2) is 0 Å². The summed E-state index contributed by atoms with van der Waals surface area (Å²) in [5.41, 5.74) is 0. The van der Waals surface area contributed by atoms with Gasteiger partial charge in [0.25, 0.3) is 0 Å². The summed E-state index contributed by atoms with van der Waals surface area (Å²) in [7, 11) is 0. The third-order valence-corrected chi connectivity index (χ3v) is 0.805. The Morgan fingerprint density at radius 3 is 2.67 bits per heavy atom. The van der Waals surface area contributed by atoms with Crippen LogP contribution in [0.15, 0.2) is 0 Å². The Hall–Kier alpha value is -0.370. The molecule has 0 unspecified atom stereocenters. The number of hydrogen-bond donors (Lipinski definition) is 0. The fourth-order valence-electron chi connectivity index (χ4n) is 0.304. The molecule has 1 aliphatic heterocycles. The molecule has 1 heterocycles. The van der Waals surface area contributed by atoms with Gasteiger partial charge in [-0.3, -0.25) is 0 Å². The zero-order valence-corrected chi connectivity index (χ0v) is 3.31. The van der Waals surface area contributed by atoms with Gasteiger partial charge >= 0.3 is 0 Å². The maximum atomic E-state index is 10.0. The summed E-state index contributed by atoms with van der Waals surface area (Å²) < 4.78 is 11.2. The van der Waals surface area contributed by atoms with Crippen LogP contribution in [0, 0.1) is 5.92 Å². The molecule has 1 aliphatic rings. The highest BCUT2D eigenvalue weighted by molar-refractivity contribution is 5.54. The molecule has 2 nitrogen and oxygen atoms in total. The first kappa shape index (κ1) is 2.75. The highest BCUT2D eigenvalue weighted by Crippen LogP contribution is 2.04. The van der Waals surface area contributed by atoms with E-state index in [1.165, 1.54) is 0 Å². The summed E-state index contributed by atoms with van der Waals surface area (Å²) >= 11 is 0. The van der Waals surface area contributed by atoms with Crippen LogP contribution in [0.1, 0.15) is 1.37 Å². The zero-order valence-electron chi connectivity index (χ0n) is 4.31. The molecule has 0 bridgehead atoms. The van der Waals surface area contributed by atoms with Crippen LogP contribution >= 0.6 is 0 Å². The minimum Gasteiger partial charge on any atom is -0.380 e. The van der Waals surface area contributed by atoms with Crippen molar-refractivity contribution in [3.63, 3.8) is 0 Å². The lowest BCUT2D eigenvalue weighted by molar-refractivity contribution is -0.123. The number of carbonyl (C=O) groups is 1. The van der Waals surface area contributed by atoms with E-state index in [4.69, 9.17) is 1.37 Å². The van der Waals surface area contributed by atoms with Crippen molar-refractivity contribution >= 4 is 6.26 Å². The normalized spacial score (nSPS) is 25.0. The second-order valence-electron chi connectivity index (χ2n) is 1.35. The van der Waals surface area contributed by atoms with Crippen molar-refractivity contribution in [3.8, 4) is 0 Å². The number of rotatable bonds is 1. The highest BCUT2D eigenvalue weighted by Gasteiger charge is 2.15. The quantitative estimate of drug-likeness (QED) is 0.415. The molecule has 0 aromatic heterocycles. The highest BCUT2D eigenvalue weighted by atomic mass is 16.5. The molecular weight excluding hydrogens is 80.0 g/mol. The first-order chi connectivity index (χ1) is 3.30. The van der Waals surface area contributed by atoms with Crippen molar-refractivity contribution in [2.45, 2.75) is 0 Å². The van der Waals surface area contributed by atoms with E-state index >= 15 is 0 Å². The van der Waals surface area contributed by atoms with E-state index in [-0.39, 0.29) is 5.92 Å². The van der Waals surface area contributed by atoms with Gasteiger partial charge in [0.2, 0.25) is 0 Å². The van der Waals surface area contributed by atoms with Crippen LogP contribution in [0.5, 0.6) is 0 Å². The van der Waals surface area contributed by atoms with Crippen molar-refractivity contribution in [3.05, 3.63) is 0 Å². The second kappa shape index (κ2) is 1.39. The Kier molecular flexibility index (Phi) is 0.635. The van der Waals surface area contributed by atoms with Crippen LogP contribution in [0.3, 0.4) is 0 Å². The van der Waals surface area contributed by atoms with Crippen LogP contribution in [0.25, 0.3) is 0 Å². The lowest BCUT2D eigenvalue weighted by Crippen LogP contribution is -2.28. The predicted octanol–water partition coefficient (Wildman–Crippen LogP) is -0.168. The molecule has 34 valence electrons. The summed E-state index contributed by atoms with van der Waals surface area (Å²) in [6, 6.07) is 0. The van der Waals surface area contributed by atoms with Gasteiger partial charge in [0, 0.05) is 0 Å². The van der Waals surface area contributed by atoms with Crippen LogP contribution in [0.2, 0.25) is 0 Å². The van der Waals surface area contributed by atoms with Gasteiger partial charge in [0.15, 0.2) is 0 Å². The molecule has 0 saturated carbocycles. The van der Waals surface area contributed by atoms with Gasteiger partial charge in [0.1, 0.15) is 7.63 Å². The smallest absolute Gasteiger partial charge is 0.127 e. The Morgan fingerprint density at radius 1 is 2.00 bits per heavy atom. The fraction of sp³-hybridized carbons (Fsp3) is 0.750. The van der Waals surface area contributed by atoms with E-state index in [0.717, 1.165) is 0 Å². The molecule has 6 heavy (non-hydrogen) atoms. The number of carbonyl (C=O) groups excluding carboxylic acids is 1. The van der Waals surface area contributed by atoms with E-state index in [2.05, 4.69) is 4.74 Å². The first-order valence-corrected chi connectivity index (χ1v) is 1.89. The largest absolute Gasteiger partial charge is 0.380 e. The summed E-state index contributed by atoms with van der Waals surface area (Å²) in [6.45, 7) is 0.921. The molecule has 1 rings (SSSR count). The average Bonchev–Trinajstić information content (AvgIpc) is 1.23. The van der Waals surface area contributed by atoms with Crippen LogP contribution < -0.4 is 0 Å². The average molecular weight is 87.1 g/mol. The van der Waals surface area contributed by atoms with Gasteiger partial charge in [-0.1, -0.05) is 0 Å². The van der Waals surface area contributed by atoms with Crippen molar-refractivity contribution in [2.75, 3.05) is 13.2 Å². The maximum absolute atomic E-state index is 10.0. The van der Waals surface area contributed by atoms with E-state index in [1.54, 1.807) is 0 Å². The second-order valence-corrected chi connectivity index (χ2v) is 1.35. The molecule has 0 aromatic rings. The third kappa shape index (κ3) is 0.431. The van der Waals surface area contributed by atoms with Crippen LogP contribution in [-0.4, -0.2) is 19.5 Å². The minimum atomic E-state index is -0.494. The summed E-state index contributed by atoms with van der Waals surface area (Å²) in [5, 5.41) is 0. The van der Waals surface area contributed by atoms with E-state index in [1.807, 2.05) is 0 Å². The SMILES string of the molecule is [2H]C(=O)C1COC1. The molecule has 0 spiro atoms. The number of aldehydes is 1. The van der Waals surface area contributed by atoms with Gasteiger partial charge in [-0.2, -0.15) is 0 Å². The molecule has 1 fully saturated rings. The number of hydrogen-bond acceptors (Lipinski definition) is 2. The molecular formula is C4H6O2. The van der Waals surface area contributed by atoms with E-state index in [0.29, 0.717) is 13.2 Å². The Balaban J connectivity index is 2.27. The van der Waals surface area contributed by atoms with Gasteiger partial charge in [-0.05, 0) is 0 Å². The fourth-order valence-corrected chi connectivity index (χ4v) is 0.304. The van der Waals surface area contributed by atoms with Gasteiger partial charge < -0.3 is 9.53 Å². The van der Waals surface area contributed by atoms with Crippen LogP contribution in [0.4, 0.5) is 0 Å². The van der Waals surface area contributed by atoms with Crippen molar-refractivity contribution in [1.29, 1.82) is 0 Å². The minimum absolute atomic E-state index is 0.111. The summed E-state index contributed by atoms with van der Waals surface area (Å²) in [6.07, 6.45) is -0.494. The third-order valence-electron chi connectivity index (χ3n) is 0.805. The molecule has 0 atom stereocenters. The standard InChI is InChI=1S/C4H6O2/c5-1-4-2-6-3-4/h1,4H,2-3H2/i1D. The molecule has 0 amide bonds.